The van der Waals surface area contributed by atoms with Crippen molar-refractivity contribution in [2.45, 2.75) is 37.6 Å². The lowest BCUT2D eigenvalue weighted by molar-refractivity contribution is -0.122. The molecule has 4 rings (SSSR count). The molecule has 1 amide bonds. The van der Waals surface area contributed by atoms with Gasteiger partial charge in [-0.2, -0.15) is 4.98 Å². The fourth-order valence-electron chi connectivity index (χ4n) is 4.90. The van der Waals surface area contributed by atoms with Crippen LogP contribution in [0.25, 0.3) is 0 Å². The molecule has 0 spiro atoms. The number of morpholine rings is 1. The van der Waals surface area contributed by atoms with Crippen molar-refractivity contribution in [1.29, 1.82) is 0 Å². The molecule has 1 aromatic heterocycles. The second-order valence-corrected chi connectivity index (χ2v) is 10.4. The van der Waals surface area contributed by atoms with Crippen LogP contribution in [0.5, 0.6) is 0 Å². The van der Waals surface area contributed by atoms with Crippen LogP contribution in [0.15, 0.2) is 4.52 Å². The van der Waals surface area contributed by atoms with Gasteiger partial charge >= 0.3 is 0 Å². The first-order valence-corrected chi connectivity index (χ1v) is 12.0. The fourth-order valence-corrected chi connectivity index (χ4v) is 5.82. The Balaban J connectivity index is 1.41. The predicted octanol–water partition coefficient (Wildman–Crippen LogP) is -0.492. The van der Waals surface area contributed by atoms with Gasteiger partial charge in [-0.3, -0.25) is 9.69 Å². The largest absolute Gasteiger partial charge is 0.379 e. The molecule has 11 heteroatoms. The molecule has 2 saturated heterocycles. The van der Waals surface area contributed by atoms with Crippen LogP contribution in [0, 0.1) is 12.8 Å². The maximum Gasteiger partial charge on any atom is 0.234 e. The number of rotatable bonds is 6. The molecule has 29 heavy (non-hydrogen) atoms. The molecule has 1 aromatic rings. The Kier molecular flexibility index (Phi) is 5.66. The zero-order valence-electron chi connectivity index (χ0n) is 17.0. The summed E-state index contributed by atoms with van der Waals surface area (Å²) in [6.07, 6.45) is 2.99. The van der Waals surface area contributed by atoms with Crippen molar-refractivity contribution in [3.63, 3.8) is 0 Å². The van der Waals surface area contributed by atoms with Gasteiger partial charge in [-0.05, 0) is 25.7 Å². The van der Waals surface area contributed by atoms with Crippen LogP contribution in [0.1, 0.15) is 31.0 Å². The highest BCUT2D eigenvalue weighted by molar-refractivity contribution is 7.88. The summed E-state index contributed by atoms with van der Waals surface area (Å²) in [5.41, 5.74) is -0.535. The normalized spacial score (nSPS) is 31.1. The van der Waals surface area contributed by atoms with Crippen molar-refractivity contribution in [2.24, 2.45) is 5.92 Å². The number of fused-ring (bicyclic) bond motifs is 1. The van der Waals surface area contributed by atoms with Gasteiger partial charge in [0.2, 0.25) is 21.8 Å². The number of nitrogens with one attached hydrogen (secondary N) is 1. The summed E-state index contributed by atoms with van der Waals surface area (Å²) < 4.78 is 36.5. The number of ether oxygens (including phenoxy) is 1. The summed E-state index contributed by atoms with van der Waals surface area (Å²) >= 11 is 0. The van der Waals surface area contributed by atoms with Crippen molar-refractivity contribution in [2.75, 3.05) is 52.2 Å². The minimum absolute atomic E-state index is 0.0221. The van der Waals surface area contributed by atoms with E-state index in [1.54, 1.807) is 6.92 Å². The predicted molar refractivity (Wildman–Crippen MR) is 104 cm³/mol. The Labute approximate surface area is 171 Å². The molecule has 3 fully saturated rings. The summed E-state index contributed by atoms with van der Waals surface area (Å²) in [5.74, 6) is 1.08. The molecule has 2 aliphatic heterocycles. The first-order chi connectivity index (χ1) is 13.8. The average molecular weight is 428 g/mol. The minimum atomic E-state index is -3.31. The molecule has 0 bridgehead atoms. The smallest absolute Gasteiger partial charge is 0.234 e. The van der Waals surface area contributed by atoms with E-state index >= 15 is 0 Å². The van der Waals surface area contributed by atoms with Gasteiger partial charge in [-0.1, -0.05) is 5.16 Å². The quantitative estimate of drug-likeness (QED) is 0.646. The molecule has 1 N–H and O–H groups in total. The Morgan fingerprint density at radius 1 is 1.34 bits per heavy atom. The van der Waals surface area contributed by atoms with Gasteiger partial charge in [0.1, 0.15) is 0 Å². The molecule has 3 aliphatic rings. The number of aromatic nitrogens is 2. The van der Waals surface area contributed by atoms with Gasteiger partial charge in [0, 0.05) is 45.2 Å². The van der Waals surface area contributed by atoms with Gasteiger partial charge in [-0.25, -0.2) is 12.7 Å². The van der Waals surface area contributed by atoms with E-state index in [0.717, 1.165) is 32.8 Å². The SMILES string of the molecule is Cc1noc([C@]23C[C@H](NC(=O)CCN4CCOCC4)CC2CN(S(C)(=O)=O)C3)n1. The molecule has 3 atom stereocenters. The molecule has 10 nitrogen and oxygen atoms in total. The first kappa shape index (κ1) is 20.7. The molecule has 1 aliphatic carbocycles. The highest BCUT2D eigenvalue weighted by atomic mass is 32.2. The third-order valence-corrected chi connectivity index (χ3v) is 7.61. The number of hydrogen-bond acceptors (Lipinski definition) is 8. The van der Waals surface area contributed by atoms with Crippen LogP contribution >= 0.6 is 0 Å². The summed E-state index contributed by atoms with van der Waals surface area (Å²) in [5, 5.41) is 7.06. The van der Waals surface area contributed by atoms with Crippen molar-refractivity contribution >= 4 is 15.9 Å². The Hall–Kier alpha value is -1.56. The Morgan fingerprint density at radius 2 is 2.10 bits per heavy atom. The maximum atomic E-state index is 12.5. The maximum absolute atomic E-state index is 12.5. The van der Waals surface area contributed by atoms with E-state index in [-0.39, 0.29) is 17.9 Å². The van der Waals surface area contributed by atoms with Gasteiger partial charge in [0.25, 0.3) is 0 Å². The third kappa shape index (κ3) is 4.32. The van der Waals surface area contributed by atoms with Crippen molar-refractivity contribution in [3.8, 4) is 0 Å². The number of nitrogens with zero attached hydrogens (tertiary/aromatic N) is 4. The van der Waals surface area contributed by atoms with Gasteiger partial charge in [0.05, 0.1) is 24.9 Å². The van der Waals surface area contributed by atoms with Crippen LogP contribution in [0.3, 0.4) is 0 Å². The van der Waals surface area contributed by atoms with Gasteiger partial charge < -0.3 is 14.6 Å². The van der Waals surface area contributed by atoms with Crippen LogP contribution in [0.2, 0.25) is 0 Å². The lowest BCUT2D eigenvalue weighted by Gasteiger charge is -2.27. The van der Waals surface area contributed by atoms with Crippen LogP contribution in [-0.4, -0.2) is 91.9 Å². The Morgan fingerprint density at radius 3 is 2.76 bits per heavy atom. The zero-order chi connectivity index (χ0) is 20.6. The van der Waals surface area contributed by atoms with E-state index < -0.39 is 15.4 Å². The standard InChI is InChI=1S/C18H29N5O5S/c1-13-19-17(28-21-13)18-10-15(9-14(18)11-23(12-18)29(2,25)26)20-16(24)3-4-22-5-7-27-8-6-22/h14-15H,3-12H2,1-2H3,(H,20,24)/t14?,15-,18+/m1/s1. The van der Waals surface area contributed by atoms with E-state index in [9.17, 15) is 13.2 Å². The highest BCUT2D eigenvalue weighted by Crippen LogP contribution is 2.50. The van der Waals surface area contributed by atoms with Crippen molar-refractivity contribution in [3.05, 3.63) is 11.7 Å². The summed E-state index contributed by atoms with van der Waals surface area (Å²) in [6, 6.07) is -0.0221. The van der Waals surface area contributed by atoms with E-state index in [1.807, 2.05) is 0 Å². The molecule has 3 heterocycles. The third-order valence-electron chi connectivity index (χ3n) is 6.39. The molecule has 1 unspecified atom stereocenters. The van der Waals surface area contributed by atoms with Crippen molar-refractivity contribution in [1.82, 2.24) is 24.7 Å². The fraction of sp³-hybridized carbons (Fsp3) is 0.833. The van der Waals surface area contributed by atoms with Gasteiger partial charge in [0.15, 0.2) is 5.82 Å². The van der Waals surface area contributed by atoms with E-state index in [0.29, 0.717) is 44.1 Å². The van der Waals surface area contributed by atoms with Crippen molar-refractivity contribution < 1.29 is 22.5 Å². The number of sulfonamides is 1. The van der Waals surface area contributed by atoms with Crippen LogP contribution in [-0.2, 0) is 25.0 Å². The minimum Gasteiger partial charge on any atom is -0.379 e. The molecular weight excluding hydrogens is 398 g/mol. The molecule has 1 saturated carbocycles. The van der Waals surface area contributed by atoms with E-state index in [1.165, 1.54) is 10.6 Å². The van der Waals surface area contributed by atoms with Crippen LogP contribution in [0.4, 0.5) is 0 Å². The lowest BCUT2D eigenvalue weighted by atomic mass is 9.80. The molecule has 0 radical (unpaired) electrons. The number of amides is 1. The molecule has 162 valence electrons. The number of aryl methyl sites for hydroxylation is 1. The Bertz CT molecular complexity index is 853. The first-order valence-electron chi connectivity index (χ1n) is 10.1. The zero-order valence-corrected chi connectivity index (χ0v) is 17.8. The van der Waals surface area contributed by atoms with E-state index in [4.69, 9.17) is 9.26 Å². The van der Waals surface area contributed by atoms with Gasteiger partial charge in [-0.15, -0.1) is 0 Å². The van der Waals surface area contributed by atoms with E-state index in [2.05, 4.69) is 20.4 Å². The topological polar surface area (TPSA) is 118 Å². The number of carbonyl (C=O) groups is 1. The summed E-state index contributed by atoms with van der Waals surface area (Å²) in [7, 11) is -3.31. The molecular formula is C18H29N5O5S. The molecule has 0 aromatic carbocycles. The highest BCUT2D eigenvalue weighted by Gasteiger charge is 2.58. The average Bonchev–Trinajstić information content (AvgIpc) is 3.33. The second-order valence-electron chi connectivity index (χ2n) is 8.46. The number of hydrogen-bond donors (Lipinski definition) is 1. The second kappa shape index (κ2) is 7.93. The number of carbonyl (C=O) groups excluding carboxylic acids is 1. The van der Waals surface area contributed by atoms with Crippen LogP contribution < -0.4 is 5.32 Å². The summed E-state index contributed by atoms with van der Waals surface area (Å²) in [4.78, 5) is 19.2. The lowest BCUT2D eigenvalue weighted by Crippen LogP contribution is -2.41. The monoisotopic (exact) mass is 427 g/mol. The summed E-state index contributed by atoms with van der Waals surface area (Å²) in [6.45, 7) is 6.37.